The number of aromatic amines is 1. The molecule has 5 rings (SSSR count). The molecular formula is C22H24N8. The molecule has 30 heavy (non-hydrogen) atoms. The molecule has 1 aliphatic rings. The van der Waals surface area contributed by atoms with Gasteiger partial charge in [0.25, 0.3) is 0 Å². The quantitative estimate of drug-likeness (QED) is 0.474. The molecule has 0 radical (unpaired) electrons. The maximum absolute atomic E-state index is 4.65. The Morgan fingerprint density at radius 2 is 1.93 bits per heavy atom. The second-order valence-corrected chi connectivity index (χ2v) is 7.47. The number of piperazine rings is 1. The lowest BCUT2D eigenvalue weighted by atomic mass is 10.1. The van der Waals surface area contributed by atoms with Gasteiger partial charge >= 0.3 is 0 Å². The predicted molar refractivity (Wildman–Crippen MR) is 117 cm³/mol. The van der Waals surface area contributed by atoms with Gasteiger partial charge in [-0.1, -0.05) is 6.07 Å². The van der Waals surface area contributed by atoms with Crippen molar-refractivity contribution in [2.24, 2.45) is 0 Å². The van der Waals surface area contributed by atoms with Crippen molar-refractivity contribution in [3.63, 3.8) is 0 Å². The van der Waals surface area contributed by atoms with E-state index in [1.165, 1.54) is 5.56 Å². The zero-order chi connectivity index (χ0) is 20.3. The molecule has 3 N–H and O–H groups in total. The Labute approximate surface area is 174 Å². The second kappa shape index (κ2) is 8.17. The van der Waals surface area contributed by atoms with E-state index in [9.17, 15) is 0 Å². The zero-order valence-corrected chi connectivity index (χ0v) is 16.8. The highest BCUT2D eigenvalue weighted by Crippen LogP contribution is 2.25. The van der Waals surface area contributed by atoms with Gasteiger partial charge in [0.2, 0.25) is 5.95 Å². The van der Waals surface area contributed by atoms with E-state index in [-0.39, 0.29) is 0 Å². The van der Waals surface area contributed by atoms with Crippen LogP contribution in [-0.2, 0) is 0 Å². The van der Waals surface area contributed by atoms with E-state index in [0.717, 1.165) is 54.3 Å². The molecule has 1 fully saturated rings. The summed E-state index contributed by atoms with van der Waals surface area (Å²) in [5.74, 6) is 1.45. The number of benzene rings is 1. The summed E-state index contributed by atoms with van der Waals surface area (Å²) < 4.78 is 0. The molecule has 0 aliphatic carbocycles. The average molecular weight is 400 g/mol. The Morgan fingerprint density at radius 3 is 2.77 bits per heavy atom. The van der Waals surface area contributed by atoms with Crippen LogP contribution in [0.2, 0.25) is 0 Å². The molecule has 8 heteroatoms. The summed E-state index contributed by atoms with van der Waals surface area (Å²) in [6.45, 7) is 6.45. The van der Waals surface area contributed by atoms with Crippen molar-refractivity contribution in [2.45, 2.75) is 13.0 Å². The first kappa shape index (κ1) is 18.7. The summed E-state index contributed by atoms with van der Waals surface area (Å²) in [7, 11) is 0. The number of aromatic nitrogens is 5. The molecule has 1 unspecified atom stereocenters. The topological polar surface area (TPSA) is 94.6 Å². The van der Waals surface area contributed by atoms with Gasteiger partial charge in [-0.25, -0.2) is 19.9 Å². The molecule has 0 spiro atoms. The third kappa shape index (κ3) is 3.87. The summed E-state index contributed by atoms with van der Waals surface area (Å²) in [5.41, 5.74) is 4.98. The van der Waals surface area contributed by atoms with Gasteiger partial charge in [-0.05, 0) is 42.8 Å². The Kier molecular flexibility index (Phi) is 5.08. The highest BCUT2D eigenvalue weighted by atomic mass is 15.2. The Hall–Kier alpha value is -3.36. The number of anilines is 2. The fraction of sp³-hybridized carbons (Fsp3) is 0.273. The van der Waals surface area contributed by atoms with Crippen LogP contribution in [0.4, 0.5) is 11.8 Å². The number of nitrogens with zero attached hydrogens (tertiary/aromatic N) is 5. The summed E-state index contributed by atoms with van der Waals surface area (Å²) in [6, 6.07) is 12.5. The smallest absolute Gasteiger partial charge is 0.206 e. The van der Waals surface area contributed by atoms with E-state index in [0.29, 0.717) is 12.0 Å². The standard InChI is InChI=1S/C22H24N8/c1-15(30-10-8-23-9-11-30)16-4-7-25-21(13-16)29-22-27-19-3-2-17(12-20(19)28-22)18-5-6-24-14-26-18/h2-7,12-15,23H,8-11H2,1H3,(H2,25,27,28,29). The van der Waals surface area contributed by atoms with Gasteiger partial charge in [-0.3, -0.25) is 4.90 Å². The summed E-state index contributed by atoms with van der Waals surface area (Å²) in [5, 5.41) is 6.72. The highest BCUT2D eigenvalue weighted by Gasteiger charge is 2.18. The van der Waals surface area contributed by atoms with Crippen LogP contribution >= 0.6 is 0 Å². The molecule has 4 aromatic rings. The number of imidazole rings is 1. The minimum atomic E-state index is 0.349. The van der Waals surface area contributed by atoms with Gasteiger partial charge in [-0.15, -0.1) is 0 Å². The highest BCUT2D eigenvalue weighted by molar-refractivity contribution is 5.83. The number of H-pyrrole nitrogens is 1. The van der Waals surface area contributed by atoms with Crippen LogP contribution in [-0.4, -0.2) is 56.0 Å². The number of rotatable bonds is 5. The lowest BCUT2D eigenvalue weighted by Gasteiger charge is -2.33. The molecule has 1 aliphatic heterocycles. The number of nitrogens with one attached hydrogen (secondary N) is 3. The van der Waals surface area contributed by atoms with Gasteiger partial charge in [0.05, 0.1) is 16.7 Å². The molecule has 1 atom stereocenters. The minimum absolute atomic E-state index is 0.349. The molecule has 1 saturated heterocycles. The SMILES string of the molecule is CC(c1ccnc(Nc2nc3ccc(-c4ccncn4)cc3[nH]2)c1)N1CCNCC1. The van der Waals surface area contributed by atoms with E-state index >= 15 is 0 Å². The van der Waals surface area contributed by atoms with E-state index in [2.05, 4.69) is 59.5 Å². The minimum Gasteiger partial charge on any atom is -0.324 e. The fourth-order valence-corrected chi connectivity index (χ4v) is 3.87. The van der Waals surface area contributed by atoms with Gasteiger partial charge < -0.3 is 15.6 Å². The first-order chi connectivity index (χ1) is 14.8. The van der Waals surface area contributed by atoms with E-state index in [4.69, 9.17) is 0 Å². The Bertz CT molecular complexity index is 1130. The molecular weight excluding hydrogens is 376 g/mol. The molecule has 0 saturated carbocycles. The molecule has 4 heterocycles. The van der Waals surface area contributed by atoms with Crippen LogP contribution in [0.1, 0.15) is 18.5 Å². The second-order valence-electron chi connectivity index (χ2n) is 7.47. The van der Waals surface area contributed by atoms with Crippen molar-refractivity contribution in [2.75, 3.05) is 31.5 Å². The van der Waals surface area contributed by atoms with Crippen LogP contribution in [0.5, 0.6) is 0 Å². The number of hydrogen-bond acceptors (Lipinski definition) is 7. The van der Waals surface area contributed by atoms with Crippen LogP contribution in [0.3, 0.4) is 0 Å². The third-order valence-electron chi connectivity index (χ3n) is 5.57. The molecule has 0 amide bonds. The van der Waals surface area contributed by atoms with Crippen molar-refractivity contribution in [3.05, 3.63) is 60.7 Å². The summed E-state index contributed by atoms with van der Waals surface area (Å²) in [6.07, 6.45) is 5.15. The Morgan fingerprint density at radius 1 is 1.03 bits per heavy atom. The van der Waals surface area contributed by atoms with Crippen molar-refractivity contribution in [1.29, 1.82) is 0 Å². The monoisotopic (exact) mass is 400 g/mol. The average Bonchev–Trinajstić information content (AvgIpc) is 3.21. The zero-order valence-electron chi connectivity index (χ0n) is 16.8. The molecule has 8 nitrogen and oxygen atoms in total. The maximum Gasteiger partial charge on any atom is 0.206 e. The van der Waals surface area contributed by atoms with Crippen molar-refractivity contribution >= 4 is 22.8 Å². The number of hydrogen-bond donors (Lipinski definition) is 3. The lowest BCUT2D eigenvalue weighted by molar-refractivity contribution is 0.185. The molecule has 0 bridgehead atoms. The third-order valence-corrected chi connectivity index (χ3v) is 5.57. The summed E-state index contributed by atoms with van der Waals surface area (Å²) >= 11 is 0. The van der Waals surface area contributed by atoms with Crippen LogP contribution in [0.25, 0.3) is 22.3 Å². The molecule has 3 aromatic heterocycles. The first-order valence-electron chi connectivity index (χ1n) is 10.2. The van der Waals surface area contributed by atoms with Crippen molar-refractivity contribution < 1.29 is 0 Å². The predicted octanol–water partition coefficient (Wildman–Crippen LogP) is 3.12. The molecule has 1 aromatic carbocycles. The normalized spacial score (nSPS) is 15.9. The van der Waals surface area contributed by atoms with Crippen LogP contribution in [0, 0.1) is 0 Å². The van der Waals surface area contributed by atoms with E-state index in [1.54, 1.807) is 12.5 Å². The lowest BCUT2D eigenvalue weighted by Crippen LogP contribution is -2.44. The van der Waals surface area contributed by atoms with Crippen LogP contribution in [0.15, 0.2) is 55.1 Å². The van der Waals surface area contributed by atoms with Gasteiger partial charge in [-0.2, -0.15) is 0 Å². The fourth-order valence-electron chi connectivity index (χ4n) is 3.87. The molecule has 152 valence electrons. The van der Waals surface area contributed by atoms with Gasteiger partial charge in [0.15, 0.2) is 0 Å². The Balaban J connectivity index is 1.36. The van der Waals surface area contributed by atoms with Crippen LogP contribution < -0.4 is 10.6 Å². The number of pyridine rings is 1. The van der Waals surface area contributed by atoms with Gasteiger partial charge in [0, 0.05) is 50.2 Å². The maximum atomic E-state index is 4.65. The van der Waals surface area contributed by atoms with E-state index < -0.39 is 0 Å². The first-order valence-corrected chi connectivity index (χ1v) is 10.2. The van der Waals surface area contributed by atoms with Gasteiger partial charge in [0.1, 0.15) is 12.1 Å². The van der Waals surface area contributed by atoms with E-state index in [1.807, 2.05) is 30.5 Å². The number of fused-ring (bicyclic) bond motifs is 1. The summed E-state index contributed by atoms with van der Waals surface area (Å²) in [4.78, 5) is 23.3. The van der Waals surface area contributed by atoms with Crippen molar-refractivity contribution in [3.8, 4) is 11.3 Å². The largest absolute Gasteiger partial charge is 0.324 e. The van der Waals surface area contributed by atoms with Crippen molar-refractivity contribution in [1.82, 2.24) is 35.1 Å².